The summed E-state index contributed by atoms with van der Waals surface area (Å²) in [6.07, 6.45) is 3.95. The minimum absolute atomic E-state index is 0.122. The maximum absolute atomic E-state index is 12.2. The first-order valence-corrected chi connectivity index (χ1v) is 7.33. The molecule has 0 saturated heterocycles. The standard InChI is InChI=1S/C15H28N2O2/c1-5-8-15(12-16,9-6-2)14(18)17-10-7-11-19-13(3)4/h13H,5-11H2,1-4H3,(H,17,18). The largest absolute Gasteiger partial charge is 0.379 e. The normalized spacial score (nSPS) is 11.4. The van der Waals surface area contributed by atoms with Crippen LogP contribution in [-0.2, 0) is 9.53 Å². The highest BCUT2D eigenvalue weighted by Gasteiger charge is 2.36. The van der Waals surface area contributed by atoms with Crippen molar-refractivity contribution in [3.8, 4) is 6.07 Å². The zero-order valence-corrected chi connectivity index (χ0v) is 12.8. The predicted molar refractivity (Wildman–Crippen MR) is 76.6 cm³/mol. The van der Waals surface area contributed by atoms with Crippen LogP contribution in [0.5, 0.6) is 0 Å². The van der Waals surface area contributed by atoms with Crippen LogP contribution in [-0.4, -0.2) is 25.2 Å². The van der Waals surface area contributed by atoms with Gasteiger partial charge in [-0.3, -0.25) is 4.79 Å². The maximum Gasteiger partial charge on any atom is 0.240 e. The van der Waals surface area contributed by atoms with E-state index in [1.807, 2.05) is 27.7 Å². The molecule has 0 rings (SSSR count). The Bertz CT molecular complexity index is 289. The number of nitriles is 1. The Labute approximate surface area is 117 Å². The van der Waals surface area contributed by atoms with E-state index in [9.17, 15) is 10.1 Å². The summed E-state index contributed by atoms with van der Waals surface area (Å²) in [5.41, 5.74) is -0.845. The highest BCUT2D eigenvalue weighted by atomic mass is 16.5. The van der Waals surface area contributed by atoms with Crippen LogP contribution in [0, 0.1) is 16.7 Å². The van der Waals surface area contributed by atoms with Gasteiger partial charge in [-0.25, -0.2) is 0 Å². The van der Waals surface area contributed by atoms with Gasteiger partial charge in [0.05, 0.1) is 12.2 Å². The quantitative estimate of drug-likeness (QED) is 0.619. The Kier molecular flexibility index (Phi) is 9.24. The molecule has 0 atom stereocenters. The lowest BCUT2D eigenvalue weighted by atomic mass is 9.80. The number of hydrogen-bond donors (Lipinski definition) is 1. The van der Waals surface area contributed by atoms with Gasteiger partial charge in [-0.15, -0.1) is 0 Å². The number of carbonyl (C=O) groups is 1. The van der Waals surface area contributed by atoms with Gasteiger partial charge in [0.1, 0.15) is 5.41 Å². The Hall–Kier alpha value is -1.08. The average Bonchev–Trinajstić information content (AvgIpc) is 2.37. The van der Waals surface area contributed by atoms with E-state index in [-0.39, 0.29) is 12.0 Å². The van der Waals surface area contributed by atoms with Crippen LogP contribution in [0.4, 0.5) is 0 Å². The van der Waals surface area contributed by atoms with Gasteiger partial charge in [-0.2, -0.15) is 5.26 Å². The number of ether oxygens (including phenoxy) is 1. The number of carbonyl (C=O) groups excluding carboxylic acids is 1. The molecular formula is C15H28N2O2. The van der Waals surface area contributed by atoms with Gasteiger partial charge in [-0.05, 0) is 33.1 Å². The van der Waals surface area contributed by atoms with Crippen molar-refractivity contribution in [3.63, 3.8) is 0 Å². The van der Waals surface area contributed by atoms with Gasteiger partial charge in [-0.1, -0.05) is 26.7 Å². The number of rotatable bonds is 10. The van der Waals surface area contributed by atoms with Crippen LogP contribution in [0.25, 0.3) is 0 Å². The summed E-state index contributed by atoms with van der Waals surface area (Å²) in [4.78, 5) is 12.2. The number of nitrogens with one attached hydrogen (secondary N) is 1. The van der Waals surface area contributed by atoms with Crippen molar-refractivity contribution in [3.05, 3.63) is 0 Å². The minimum Gasteiger partial charge on any atom is -0.379 e. The summed E-state index contributed by atoms with van der Waals surface area (Å²) in [6, 6.07) is 2.23. The fourth-order valence-corrected chi connectivity index (χ4v) is 2.13. The Morgan fingerprint density at radius 1 is 1.32 bits per heavy atom. The molecule has 0 fully saturated rings. The van der Waals surface area contributed by atoms with Crippen LogP contribution < -0.4 is 5.32 Å². The molecule has 0 aromatic rings. The second kappa shape index (κ2) is 9.80. The molecule has 1 amide bonds. The fraction of sp³-hybridized carbons (Fsp3) is 0.867. The van der Waals surface area contributed by atoms with E-state index in [0.29, 0.717) is 26.0 Å². The van der Waals surface area contributed by atoms with Crippen LogP contribution in [0.3, 0.4) is 0 Å². The average molecular weight is 268 g/mol. The summed E-state index contributed by atoms with van der Waals surface area (Å²) in [6.45, 7) is 9.20. The molecule has 4 nitrogen and oxygen atoms in total. The Morgan fingerprint density at radius 2 is 1.89 bits per heavy atom. The third kappa shape index (κ3) is 6.58. The molecule has 110 valence electrons. The molecule has 0 saturated carbocycles. The molecule has 0 spiro atoms. The fourth-order valence-electron chi connectivity index (χ4n) is 2.13. The summed E-state index contributed by atoms with van der Waals surface area (Å²) in [7, 11) is 0. The summed E-state index contributed by atoms with van der Waals surface area (Å²) in [5, 5.41) is 12.2. The van der Waals surface area contributed by atoms with E-state index < -0.39 is 5.41 Å². The van der Waals surface area contributed by atoms with Crippen molar-refractivity contribution in [1.29, 1.82) is 5.26 Å². The number of amides is 1. The first kappa shape index (κ1) is 17.9. The van der Waals surface area contributed by atoms with Crippen LogP contribution in [0.1, 0.15) is 59.8 Å². The van der Waals surface area contributed by atoms with E-state index in [1.165, 1.54) is 0 Å². The third-order valence-electron chi connectivity index (χ3n) is 3.06. The second-order valence-corrected chi connectivity index (χ2v) is 5.22. The molecule has 0 unspecified atom stereocenters. The molecule has 0 heterocycles. The molecule has 0 radical (unpaired) electrons. The molecule has 19 heavy (non-hydrogen) atoms. The van der Waals surface area contributed by atoms with Gasteiger partial charge < -0.3 is 10.1 Å². The van der Waals surface area contributed by atoms with Gasteiger partial charge in [0.15, 0.2) is 0 Å². The minimum atomic E-state index is -0.845. The zero-order valence-electron chi connectivity index (χ0n) is 12.8. The molecule has 0 aromatic carbocycles. The molecule has 0 aliphatic carbocycles. The first-order chi connectivity index (χ1) is 9.02. The summed E-state index contributed by atoms with van der Waals surface area (Å²) < 4.78 is 5.41. The lowest BCUT2D eigenvalue weighted by Crippen LogP contribution is -2.40. The molecule has 0 aliphatic rings. The molecule has 0 aliphatic heterocycles. The monoisotopic (exact) mass is 268 g/mol. The third-order valence-corrected chi connectivity index (χ3v) is 3.06. The van der Waals surface area contributed by atoms with Crippen LogP contribution in [0.15, 0.2) is 0 Å². The maximum atomic E-state index is 12.2. The van der Waals surface area contributed by atoms with Gasteiger partial charge in [0.25, 0.3) is 0 Å². The molecular weight excluding hydrogens is 240 g/mol. The van der Waals surface area contributed by atoms with E-state index in [4.69, 9.17) is 4.74 Å². The van der Waals surface area contributed by atoms with Gasteiger partial charge in [0, 0.05) is 13.2 Å². The van der Waals surface area contributed by atoms with Gasteiger partial charge >= 0.3 is 0 Å². The van der Waals surface area contributed by atoms with Crippen molar-refractivity contribution in [2.45, 2.75) is 65.9 Å². The Balaban J connectivity index is 4.22. The molecule has 1 N–H and O–H groups in total. The van der Waals surface area contributed by atoms with Crippen LogP contribution in [0.2, 0.25) is 0 Å². The molecule has 0 bridgehead atoms. The summed E-state index contributed by atoms with van der Waals surface area (Å²) in [5.74, 6) is -0.122. The SMILES string of the molecule is CCCC(C#N)(CCC)C(=O)NCCCOC(C)C. The van der Waals surface area contributed by atoms with Crippen molar-refractivity contribution in [1.82, 2.24) is 5.32 Å². The second-order valence-electron chi connectivity index (χ2n) is 5.22. The summed E-state index contributed by atoms with van der Waals surface area (Å²) >= 11 is 0. The van der Waals surface area contributed by atoms with Crippen LogP contribution >= 0.6 is 0 Å². The lowest BCUT2D eigenvalue weighted by Gasteiger charge is -2.24. The van der Waals surface area contributed by atoms with Crippen molar-refractivity contribution in [2.24, 2.45) is 5.41 Å². The number of hydrogen-bond acceptors (Lipinski definition) is 3. The van der Waals surface area contributed by atoms with Crippen molar-refractivity contribution >= 4 is 5.91 Å². The molecule has 0 aromatic heterocycles. The van der Waals surface area contributed by atoms with E-state index in [0.717, 1.165) is 19.3 Å². The predicted octanol–water partition coefficient (Wildman–Crippen LogP) is 3.03. The smallest absolute Gasteiger partial charge is 0.240 e. The molecule has 4 heteroatoms. The highest BCUT2D eigenvalue weighted by Crippen LogP contribution is 2.29. The van der Waals surface area contributed by atoms with E-state index >= 15 is 0 Å². The topological polar surface area (TPSA) is 62.1 Å². The first-order valence-electron chi connectivity index (χ1n) is 7.33. The van der Waals surface area contributed by atoms with Crippen molar-refractivity contribution < 1.29 is 9.53 Å². The Morgan fingerprint density at radius 3 is 2.32 bits per heavy atom. The number of nitrogens with zero attached hydrogens (tertiary/aromatic N) is 1. The van der Waals surface area contributed by atoms with E-state index in [1.54, 1.807) is 0 Å². The van der Waals surface area contributed by atoms with Gasteiger partial charge in [0.2, 0.25) is 5.91 Å². The zero-order chi connectivity index (χ0) is 14.7. The van der Waals surface area contributed by atoms with E-state index in [2.05, 4.69) is 11.4 Å². The highest BCUT2D eigenvalue weighted by molar-refractivity contribution is 5.85. The lowest BCUT2D eigenvalue weighted by molar-refractivity contribution is -0.129. The van der Waals surface area contributed by atoms with Crippen molar-refractivity contribution in [2.75, 3.05) is 13.2 Å².